The number of esters is 1. The number of halogens is 1. The van der Waals surface area contributed by atoms with Crippen molar-refractivity contribution in [1.82, 2.24) is 0 Å². The first kappa shape index (κ1) is 15.9. The molecule has 0 aromatic heterocycles. The van der Waals surface area contributed by atoms with E-state index in [2.05, 4.69) is 4.74 Å². The molecule has 0 bridgehead atoms. The SMILES string of the molecule is COC(=O)CN(c1cc(C)c(F)cc1[N+](=O)[O-])C(C)C. The molecule has 1 rings (SSSR count). The summed E-state index contributed by atoms with van der Waals surface area (Å²) in [5.41, 5.74) is 0.112. The standard InChI is InChI=1S/C13H17FN2O4/c1-8(2)15(7-13(17)20-4)11-5-9(3)10(14)6-12(11)16(18)19/h5-6,8H,7H2,1-4H3. The zero-order chi connectivity index (χ0) is 15.4. The third-order valence-corrected chi connectivity index (χ3v) is 2.91. The molecule has 0 aliphatic carbocycles. The van der Waals surface area contributed by atoms with Crippen LogP contribution in [0.5, 0.6) is 0 Å². The number of ether oxygens (including phenoxy) is 1. The highest BCUT2D eigenvalue weighted by Gasteiger charge is 2.25. The molecule has 20 heavy (non-hydrogen) atoms. The van der Waals surface area contributed by atoms with Gasteiger partial charge in [-0.3, -0.25) is 14.9 Å². The second kappa shape index (κ2) is 6.31. The summed E-state index contributed by atoms with van der Waals surface area (Å²) in [6, 6.07) is 2.06. The van der Waals surface area contributed by atoms with E-state index in [4.69, 9.17) is 0 Å². The molecule has 0 N–H and O–H groups in total. The molecule has 7 heteroatoms. The summed E-state index contributed by atoms with van der Waals surface area (Å²) in [5.74, 6) is -1.17. The normalized spacial score (nSPS) is 10.5. The predicted molar refractivity (Wildman–Crippen MR) is 72.3 cm³/mol. The van der Waals surface area contributed by atoms with Crippen molar-refractivity contribution in [3.8, 4) is 0 Å². The van der Waals surface area contributed by atoms with E-state index in [9.17, 15) is 19.3 Å². The molecule has 0 atom stereocenters. The van der Waals surface area contributed by atoms with Crippen LogP contribution in [0, 0.1) is 22.9 Å². The van der Waals surface area contributed by atoms with Gasteiger partial charge in [-0.25, -0.2) is 4.39 Å². The Morgan fingerprint density at radius 1 is 1.50 bits per heavy atom. The minimum Gasteiger partial charge on any atom is -0.468 e. The van der Waals surface area contributed by atoms with Crippen LogP contribution in [0.15, 0.2) is 12.1 Å². The smallest absolute Gasteiger partial charge is 0.325 e. The number of carbonyl (C=O) groups is 1. The van der Waals surface area contributed by atoms with Gasteiger partial charge in [0.05, 0.1) is 18.1 Å². The van der Waals surface area contributed by atoms with Gasteiger partial charge in [-0.1, -0.05) is 0 Å². The molecule has 0 aliphatic heterocycles. The third kappa shape index (κ3) is 3.43. The van der Waals surface area contributed by atoms with E-state index in [0.29, 0.717) is 0 Å². The number of methoxy groups -OCH3 is 1. The molecule has 1 aromatic carbocycles. The van der Waals surface area contributed by atoms with Gasteiger partial charge in [0.25, 0.3) is 5.69 Å². The summed E-state index contributed by atoms with van der Waals surface area (Å²) in [6.45, 7) is 4.94. The Kier molecular flexibility index (Phi) is 5.01. The molecule has 0 amide bonds. The summed E-state index contributed by atoms with van der Waals surface area (Å²) in [6.07, 6.45) is 0. The fourth-order valence-electron chi connectivity index (χ4n) is 1.78. The van der Waals surface area contributed by atoms with Crippen molar-refractivity contribution in [2.24, 2.45) is 0 Å². The number of nitrogens with zero attached hydrogens (tertiary/aromatic N) is 2. The number of hydrogen-bond acceptors (Lipinski definition) is 5. The Hall–Kier alpha value is -2.18. The van der Waals surface area contributed by atoms with Crippen molar-refractivity contribution in [2.45, 2.75) is 26.8 Å². The second-order valence-electron chi connectivity index (χ2n) is 4.64. The predicted octanol–water partition coefficient (Wildman–Crippen LogP) is 2.43. The number of benzene rings is 1. The van der Waals surface area contributed by atoms with Crippen LogP contribution in [0.25, 0.3) is 0 Å². The molecule has 0 radical (unpaired) electrons. The van der Waals surface area contributed by atoms with Gasteiger partial charge in [0.2, 0.25) is 0 Å². The van der Waals surface area contributed by atoms with Gasteiger partial charge in [-0.15, -0.1) is 0 Å². The number of rotatable bonds is 5. The van der Waals surface area contributed by atoms with Crippen molar-refractivity contribution in [1.29, 1.82) is 0 Å². The van der Waals surface area contributed by atoms with Crippen LogP contribution in [0.2, 0.25) is 0 Å². The number of carbonyl (C=O) groups excluding carboxylic acids is 1. The van der Waals surface area contributed by atoms with Crippen molar-refractivity contribution in [2.75, 3.05) is 18.6 Å². The molecular weight excluding hydrogens is 267 g/mol. The molecule has 0 heterocycles. The Labute approximate surface area is 116 Å². The molecule has 0 fully saturated rings. The van der Waals surface area contributed by atoms with Gasteiger partial charge in [-0.2, -0.15) is 0 Å². The number of nitro groups is 1. The van der Waals surface area contributed by atoms with Crippen LogP contribution in [-0.4, -0.2) is 30.6 Å². The van der Waals surface area contributed by atoms with E-state index in [1.54, 1.807) is 13.8 Å². The first-order valence-electron chi connectivity index (χ1n) is 6.06. The molecule has 0 saturated carbocycles. The molecule has 1 aromatic rings. The highest BCUT2D eigenvalue weighted by atomic mass is 19.1. The number of nitro benzene ring substituents is 1. The minimum atomic E-state index is -0.662. The average Bonchev–Trinajstić information content (AvgIpc) is 2.37. The highest BCUT2D eigenvalue weighted by molar-refractivity contribution is 5.78. The maximum atomic E-state index is 13.5. The first-order chi connectivity index (χ1) is 9.27. The van der Waals surface area contributed by atoms with E-state index in [-0.39, 0.29) is 29.5 Å². The van der Waals surface area contributed by atoms with Crippen molar-refractivity contribution in [3.63, 3.8) is 0 Å². The van der Waals surface area contributed by atoms with Crippen LogP contribution in [-0.2, 0) is 9.53 Å². The van der Waals surface area contributed by atoms with Crippen LogP contribution < -0.4 is 4.90 Å². The average molecular weight is 284 g/mol. The number of hydrogen-bond donors (Lipinski definition) is 0. The Morgan fingerprint density at radius 2 is 2.10 bits per heavy atom. The van der Waals surface area contributed by atoms with E-state index >= 15 is 0 Å². The monoisotopic (exact) mass is 284 g/mol. The van der Waals surface area contributed by atoms with Gasteiger partial charge in [0, 0.05) is 6.04 Å². The van der Waals surface area contributed by atoms with Gasteiger partial charge >= 0.3 is 5.97 Å². The zero-order valence-electron chi connectivity index (χ0n) is 11.8. The largest absolute Gasteiger partial charge is 0.468 e. The van der Waals surface area contributed by atoms with Crippen LogP contribution in [0.1, 0.15) is 19.4 Å². The lowest BCUT2D eigenvalue weighted by Crippen LogP contribution is -2.36. The van der Waals surface area contributed by atoms with Crippen molar-refractivity contribution >= 4 is 17.3 Å². The fourth-order valence-corrected chi connectivity index (χ4v) is 1.78. The molecule has 110 valence electrons. The summed E-state index contributed by atoms with van der Waals surface area (Å²) in [4.78, 5) is 23.3. The molecule has 6 nitrogen and oxygen atoms in total. The molecule has 0 saturated heterocycles. The zero-order valence-corrected chi connectivity index (χ0v) is 11.8. The van der Waals surface area contributed by atoms with Crippen molar-refractivity contribution in [3.05, 3.63) is 33.6 Å². The van der Waals surface area contributed by atoms with Crippen LogP contribution in [0.3, 0.4) is 0 Å². The first-order valence-corrected chi connectivity index (χ1v) is 6.06. The fraction of sp³-hybridized carbons (Fsp3) is 0.462. The lowest BCUT2D eigenvalue weighted by Gasteiger charge is -2.27. The molecule has 0 aliphatic rings. The van der Waals surface area contributed by atoms with Gasteiger partial charge in [-0.05, 0) is 32.4 Å². The maximum Gasteiger partial charge on any atom is 0.325 e. The third-order valence-electron chi connectivity index (χ3n) is 2.91. The summed E-state index contributed by atoms with van der Waals surface area (Å²) in [5, 5.41) is 11.1. The van der Waals surface area contributed by atoms with Gasteiger partial charge < -0.3 is 9.64 Å². The number of anilines is 1. The molecule has 0 unspecified atom stereocenters. The lowest BCUT2D eigenvalue weighted by atomic mass is 10.1. The Bertz CT molecular complexity index is 531. The number of aryl methyl sites for hydroxylation is 1. The Morgan fingerprint density at radius 3 is 2.55 bits per heavy atom. The van der Waals surface area contributed by atoms with Crippen molar-refractivity contribution < 1.29 is 18.8 Å². The Balaban J connectivity index is 3.35. The van der Waals surface area contributed by atoms with E-state index < -0.39 is 16.7 Å². The summed E-state index contributed by atoms with van der Waals surface area (Å²) >= 11 is 0. The van der Waals surface area contributed by atoms with Crippen LogP contribution >= 0.6 is 0 Å². The van der Waals surface area contributed by atoms with Gasteiger partial charge in [0.1, 0.15) is 18.0 Å². The minimum absolute atomic E-state index is 0.139. The van der Waals surface area contributed by atoms with Crippen LogP contribution in [0.4, 0.5) is 15.8 Å². The second-order valence-corrected chi connectivity index (χ2v) is 4.64. The summed E-state index contributed by atoms with van der Waals surface area (Å²) < 4.78 is 18.1. The maximum absolute atomic E-state index is 13.5. The van der Waals surface area contributed by atoms with Gasteiger partial charge in [0.15, 0.2) is 0 Å². The van der Waals surface area contributed by atoms with E-state index in [1.807, 2.05) is 0 Å². The summed E-state index contributed by atoms with van der Waals surface area (Å²) in [7, 11) is 1.24. The highest BCUT2D eigenvalue weighted by Crippen LogP contribution is 2.32. The lowest BCUT2D eigenvalue weighted by molar-refractivity contribution is -0.384. The topological polar surface area (TPSA) is 72.7 Å². The molecular formula is C13H17FN2O4. The van der Waals surface area contributed by atoms with E-state index in [1.165, 1.54) is 25.0 Å². The quantitative estimate of drug-likeness (QED) is 0.471. The molecule has 0 spiro atoms. The van der Waals surface area contributed by atoms with E-state index in [0.717, 1.165) is 6.07 Å².